The average molecular weight is 480 g/mol. The van der Waals surface area contributed by atoms with Crippen molar-refractivity contribution < 1.29 is 18.4 Å². The van der Waals surface area contributed by atoms with Crippen LogP contribution in [-0.2, 0) is 16.9 Å². The van der Waals surface area contributed by atoms with Crippen LogP contribution in [0.5, 0.6) is 0 Å². The van der Waals surface area contributed by atoms with Crippen molar-refractivity contribution in [3.05, 3.63) is 77.6 Å². The van der Waals surface area contributed by atoms with Gasteiger partial charge in [-0.05, 0) is 48.2 Å². The van der Waals surface area contributed by atoms with E-state index in [1.807, 2.05) is 0 Å². The fraction of sp³-hybridized carbons (Fsp3) is 0.308. The van der Waals surface area contributed by atoms with E-state index in [0.717, 1.165) is 0 Å². The second-order valence-corrected chi connectivity index (χ2v) is 8.45. The van der Waals surface area contributed by atoms with Crippen molar-refractivity contribution in [2.45, 2.75) is 38.3 Å². The van der Waals surface area contributed by atoms with Gasteiger partial charge in [0.25, 0.3) is 5.91 Å². The molecule has 1 aliphatic heterocycles. The number of aryl methyl sites for hydroxylation is 1. The van der Waals surface area contributed by atoms with Gasteiger partial charge in [-0.1, -0.05) is 25.1 Å². The normalized spacial score (nSPS) is 17.7. The van der Waals surface area contributed by atoms with E-state index in [0.29, 0.717) is 41.8 Å². The Morgan fingerprint density at radius 1 is 1.14 bits per heavy atom. The lowest BCUT2D eigenvalue weighted by atomic mass is 9.83. The summed E-state index contributed by atoms with van der Waals surface area (Å²) < 4.78 is 28.9. The molecule has 0 spiro atoms. The Bertz CT molecular complexity index is 1300. The van der Waals surface area contributed by atoms with Gasteiger partial charge in [0, 0.05) is 43.5 Å². The van der Waals surface area contributed by atoms with E-state index >= 15 is 0 Å². The Labute approximate surface area is 202 Å². The first-order valence-electron chi connectivity index (χ1n) is 11.5. The van der Waals surface area contributed by atoms with Gasteiger partial charge in [-0.3, -0.25) is 18.9 Å². The first-order chi connectivity index (χ1) is 16.8. The third-order valence-corrected chi connectivity index (χ3v) is 6.29. The molecule has 1 aliphatic rings. The molecule has 4 rings (SSSR count). The maximum atomic E-state index is 14.4. The monoisotopic (exact) mass is 479 g/mol. The number of aliphatic imine (C=N–C) groups is 1. The molecule has 0 aliphatic carbocycles. The Kier molecular flexibility index (Phi) is 6.77. The molecule has 0 saturated carbocycles. The number of guanidine groups is 1. The fourth-order valence-electron chi connectivity index (χ4n) is 4.38. The lowest BCUT2D eigenvalue weighted by Crippen LogP contribution is -2.41. The second-order valence-electron chi connectivity index (χ2n) is 8.45. The maximum Gasteiger partial charge on any atom is 0.266 e. The highest BCUT2D eigenvalue weighted by molar-refractivity contribution is 6.09. The number of likely N-dealkylation sites (N-methyl/N-ethyl adjacent to an activating group) is 1. The average Bonchev–Trinajstić information content (AvgIpc) is 3.39. The topological polar surface area (TPSA) is 93.6 Å². The van der Waals surface area contributed by atoms with Crippen LogP contribution >= 0.6 is 0 Å². The standard InChI is InChI=1S/C26H27F2N5O2/c1-3-22(34)21-15-19(16-33(21)13-5-4-11-27)26(24(35)32(2)25(29)31-26)18-9-6-8-17(14-18)20-10-7-12-30-23(20)28/h6-10,12,14-16H,3-5,11,13H2,1-2H3,(H2,29,31). The van der Waals surface area contributed by atoms with Crippen molar-refractivity contribution in [3.63, 3.8) is 0 Å². The minimum Gasteiger partial charge on any atom is -0.369 e. The van der Waals surface area contributed by atoms with E-state index in [-0.39, 0.29) is 23.7 Å². The van der Waals surface area contributed by atoms with Crippen LogP contribution < -0.4 is 5.73 Å². The van der Waals surface area contributed by atoms with Crippen molar-refractivity contribution in [3.8, 4) is 11.1 Å². The number of aromatic nitrogens is 2. The van der Waals surface area contributed by atoms with Crippen LogP contribution in [-0.4, -0.2) is 45.8 Å². The molecule has 9 heteroatoms. The predicted octanol–water partition coefficient (Wildman–Crippen LogP) is 4.06. The number of benzene rings is 1. The Balaban J connectivity index is 1.91. The molecule has 182 valence electrons. The molecule has 7 nitrogen and oxygen atoms in total. The number of carbonyl (C=O) groups excluding carboxylic acids is 2. The summed E-state index contributed by atoms with van der Waals surface area (Å²) in [4.78, 5) is 36.0. The zero-order valence-electron chi connectivity index (χ0n) is 19.7. The molecule has 1 aromatic carbocycles. The van der Waals surface area contributed by atoms with Crippen molar-refractivity contribution in [2.24, 2.45) is 10.7 Å². The summed E-state index contributed by atoms with van der Waals surface area (Å²) in [6, 6.07) is 11.8. The van der Waals surface area contributed by atoms with Gasteiger partial charge < -0.3 is 10.3 Å². The first kappa shape index (κ1) is 24.3. The van der Waals surface area contributed by atoms with E-state index in [9.17, 15) is 18.4 Å². The number of rotatable bonds is 9. The van der Waals surface area contributed by atoms with Crippen molar-refractivity contribution in [1.82, 2.24) is 14.5 Å². The van der Waals surface area contributed by atoms with Crippen LogP contribution in [0.3, 0.4) is 0 Å². The molecule has 2 N–H and O–H groups in total. The summed E-state index contributed by atoms with van der Waals surface area (Å²) in [6.45, 7) is 1.73. The largest absolute Gasteiger partial charge is 0.369 e. The molecule has 0 saturated heterocycles. The highest BCUT2D eigenvalue weighted by Gasteiger charge is 2.50. The van der Waals surface area contributed by atoms with E-state index in [1.54, 1.807) is 60.2 Å². The molecule has 0 bridgehead atoms. The third-order valence-electron chi connectivity index (χ3n) is 6.29. The number of hydrogen-bond donors (Lipinski definition) is 1. The number of carbonyl (C=O) groups is 2. The number of nitrogens with two attached hydrogens (primary N) is 1. The van der Waals surface area contributed by atoms with E-state index in [4.69, 9.17) is 5.73 Å². The van der Waals surface area contributed by atoms with Gasteiger partial charge >= 0.3 is 0 Å². The summed E-state index contributed by atoms with van der Waals surface area (Å²) in [5, 5.41) is 0. The Morgan fingerprint density at radius 2 is 1.94 bits per heavy atom. The van der Waals surface area contributed by atoms with Crippen molar-refractivity contribution >= 4 is 17.6 Å². The molecular weight excluding hydrogens is 452 g/mol. The fourth-order valence-corrected chi connectivity index (χ4v) is 4.38. The van der Waals surface area contributed by atoms with Gasteiger partial charge in [-0.25, -0.2) is 9.98 Å². The van der Waals surface area contributed by atoms with Crippen LogP contribution in [0.2, 0.25) is 0 Å². The highest BCUT2D eigenvalue weighted by atomic mass is 19.1. The number of ketones is 1. The van der Waals surface area contributed by atoms with Crippen LogP contribution in [0.1, 0.15) is 47.8 Å². The van der Waals surface area contributed by atoms with Crippen molar-refractivity contribution in [2.75, 3.05) is 13.7 Å². The van der Waals surface area contributed by atoms with E-state index in [1.165, 1.54) is 18.1 Å². The molecule has 2 aromatic heterocycles. The number of hydrogen-bond acceptors (Lipinski definition) is 5. The van der Waals surface area contributed by atoms with Gasteiger partial charge in [0.1, 0.15) is 0 Å². The van der Waals surface area contributed by atoms with E-state index < -0.39 is 24.1 Å². The van der Waals surface area contributed by atoms with Crippen molar-refractivity contribution in [1.29, 1.82) is 0 Å². The van der Waals surface area contributed by atoms with E-state index in [2.05, 4.69) is 9.98 Å². The van der Waals surface area contributed by atoms with Crippen LogP contribution in [0.4, 0.5) is 8.78 Å². The Hall–Kier alpha value is -3.88. The van der Waals surface area contributed by atoms with Gasteiger partial charge in [0.2, 0.25) is 5.95 Å². The number of unbranched alkanes of at least 4 members (excludes halogenated alkanes) is 1. The molecule has 1 atom stereocenters. The molecule has 1 amide bonds. The van der Waals surface area contributed by atoms with Gasteiger partial charge in [-0.15, -0.1) is 0 Å². The smallest absolute Gasteiger partial charge is 0.266 e. The van der Waals surface area contributed by atoms with Crippen LogP contribution in [0.25, 0.3) is 11.1 Å². The van der Waals surface area contributed by atoms with Gasteiger partial charge in [0.05, 0.1) is 12.4 Å². The zero-order chi connectivity index (χ0) is 25.2. The lowest BCUT2D eigenvalue weighted by molar-refractivity contribution is -0.129. The van der Waals surface area contributed by atoms with Gasteiger partial charge in [0.15, 0.2) is 17.3 Å². The van der Waals surface area contributed by atoms with Gasteiger partial charge in [-0.2, -0.15) is 4.39 Å². The SMILES string of the molecule is CCC(=O)c1cc(C2(c3cccc(-c4cccnc4F)c3)N=C(N)N(C)C2=O)cn1CCCCF. The molecule has 3 heterocycles. The number of Topliss-reactive ketones (excluding diaryl/α,β-unsaturated/α-hetero) is 1. The Morgan fingerprint density at radius 3 is 2.60 bits per heavy atom. The van der Waals surface area contributed by atoms with Crippen LogP contribution in [0.15, 0.2) is 59.9 Å². The molecule has 35 heavy (non-hydrogen) atoms. The lowest BCUT2D eigenvalue weighted by Gasteiger charge is -2.25. The predicted molar refractivity (Wildman–Crippen MR) is 129 cm³/mol. The third kappa shape index (κ3) is 4.22. The molecule has 3 aromatic rings. The van der Waals surface area contributed by atoms with Crippen LogP contribution in [0, 0.1) is 5.95 Å². The number of halogens is 2. The second kappa shape index (κ2) is 9.77. The number of alkyl halides is 1. The summed E-state index contributed by atoms with van der Waals surface area (Å²) in [5.74, 6) is -1.10. The zero-order valence-corrected chi connectivity index (χ0v) is 19.7. The maximum absolute atomic E-state index is 14.4. The molecular formula is C26H27F2N5O2. The summed E-state index contributed by atoms with van der Waals surface area (Å²) in [6.07, 6.45) is 4.25. The summed E-state index contributed by atoms with van der Waals surface area (Å²) in [7, 11) is 1.53. The summed E-state index contributed by atoms with van der Waals surface area (Å²) in [5.41, 5.74) is 6.71. The molecule has 0 fully saturated rings. The minimum atomic E-state index is -1.55. The molecule has 1 unspecified atom stereocenters. The number of amides is 1. The highest BCUT2D eigenvalue weighted by Crippen LogP contribution is 2.41. The first-order valence-corrected chi connectivity index (χ1v) is 11.5. The summed E-state index contributed by atoms with van der Waals surface area (Å²) >= 11 is 0. The minimum absolute atomic E-state index is 0.0292. The molecule has 0 radical (unpaired) electrons. The number of nitrogens with zero attached hydrogens (tertiary/aromatic N) is 4. The number of pyridine rings is 1. The quantitative estimate of drug-likeness (QED) is 0.285.